The van der Waals surface area contributed by atoms with Crippen molar-refractivity contribution in [3.05, 3.63) is 47.4 Å². The Morgan fingerprint density at radius 2 is 1.86 bits per heavy atom. The van der Waals surface area contributed by atoms with Crippen LogP contribution in [0.3, 0.4) is 0 Å². The van der Waals surface area contributed by atoms with Crippen LogP contribution in [0.5, 0.6) is 11.6 Å². The van der Waals surface area contributed by atoms with Crippen LogP contribution in [0, 0.1) is 13.8 Å². The first kappa shape index (κ1) is 19.8. The van der Waals surface area contributed by atoms with Crippen molar-refractivity contribution in [1.29, 1.82) is 0 Å². The Hall–Kier alpha value is -2.96. The normalized spacial score (nSPS) is 14.7. The van der Waals surface area contributed by atoms with E-state index in [0.29, 0.717) is 19.0 Å². The van der Waals surface area contributed by atoms with E-state index in [9.17, 15) is 9.59 Å². The summed E-state index contributed by atoms with van der Waals surface area (Å²) in [6.07, 6.45) is 1.85. The van der Waals surface area contributed by atoms with Crippen LogP contribution in [-0.4, -0.2) is 39.8 Å². The number of ether oxygens (including phenoxy) is 1. The van der Waals surface area contributed by atoms with Gasteiger partial charge in [0.25, 0.3) is 0 Å². The number of hydrogen-bond acceptors (Lipinski definition) is 5. The number of nitrogens with zero attached hydrogens (tertiary/aromatic N) is 3. The van der Waals surface area contributed by atoms with Crippen LogP contribution in [0.1, 0.15) is 48.7 Å². The van der Waals surface area contributed by atoms with Gasteiger partial charge in [-0.1, -0.05) is 18.2 Å². The molecule has 2 heterocycles. The molecule has 3 rings (SSSR count). The number of hydrogen-bond donors (Lipinski definition) is 1. The molecule has 0 radical (unpaired) electrons. The molecule has 2 amide bonds. The Morgan fingerprint density at radius 1 is 1.14 bits per heavy atom. The quantitative estimate of drug-likeness (QED) is 0.828. The molecule has 1 aromatic heterocycles. The Bertz CT molecular complexity index is 860. The summed E-state index contributed by atoms with van der Waals surface area (Å²) in [5.41, 5.74) is 7.02. The predicted octanol–water partition coefficient (Wildman–Crippen LogP) is 2.86. The Balaban J connectivity index is 1.65. The van der Waals surface area contributed by atoms with E-state index < -0.39 is 5.91 Å². The number of primary amides is 1. The molecule has 0 spiro atoms. The van der Waals surface area contributed by atoms with Crippen molar-refractivity contribution in [2.24, 2.45) is 5.73 Å². The Kier molecular flexibility index (Phi) is 6.23. The third-order valence-corrected chi connectivity index (χ3v) is 4.95. The Labute approximate surface area is 164 Å². The minimum Gasteiger partial charge on any atom is -0.439 e. The Morgan fingerprint density at radius 3 is 2.54 bits per heavy atom. The molecule has 1 aliphatic rings. The molecule has 1 aliphatic heterocycles. The smallest absolute Gasteiger partial charge is 0.223 e. The van der Waals surface area contributed by atoms with Gasteiger partial charge in [-0.05, 0) is 38.3 Å². The molecule has 7 heteroatoms. The zero-order valence-electron chi connectivity index (χ0n) is 16.4. The second-order valence-corrected chi connectivity index (χ2v) is 7.19. The van der Waals surface area contributed by atoms with E-state index in [4.69, 9.17) is 10.5 Å². The monoisotopic (exact) mass is 382 g/mol. The van der Waals surface area contributed by atoms with Crippen molar-refractivity contribution < 1.29 is 14.3 Å². The molecule has 0 bridgehead atoms. The topological polar surface area (TPSA) is 98.4 Å². The lowest BCUT2D eigenvalue weighted by Gasteiger charge is -2.31. The van der Waals surface area contributed by atoms with Crippen LogP contribution in [-0.2, 0) is 9.59 Å². The highest BCUT2D eigenvalue weighted by Gasteiger charge is 2.26. The van der Waals surface area contributed by atoms with Gasteiger partial charge in [-0.3, -0.25) is 9.59 Å². The fourth-order valence-corrected chi connectivity index (χ4v) is 3.36. The number of amides is 2. The number of aryl methyl sites for hydroxylation is 2. The first-order valence-electron chi connectivity index (χ1n) is 9.57. The number of carbonyl (C=O) groups excluding carboxylic acids is 2. The van der Waals surface area contributed by atoms with Crippen molar-refractivity contribution in [1.82, 2.24) is 14.9 Å². The molecule has 0 unspecified atom stereocenters. The lowest BCUT2D eigenvalue weighted by Crippen LogP contribution is -2.38. The SMILES string of the molecule is Cc1cc(Oc2ccccc2C)nc(C2CCN(C(=O)CCC(N)=O)CC2)n1. The molecule has 0 atom stereocenters. The molecule has 2 aromatic rings. The highest BCUT2D eigenvalue weighted by molar-refractivity contribution is 5.82. The van der Waals surface area contributed by atoms with E-state index in [-0.39, 0.29) is 24.7 Å². The summed E-state index contributed by atoms with van der Waals surface area (Å²) in [5.74, 6) is 1.79. The second-order valence-electron chi connectivity index (χ2n) is 7.19. The van der Waals surface area contributed by atoms with Gasteiger partial charge in [-0.15, -0.1) is 0 Å². The molecule has 1 saturated heterocycles. The number of benzene rings is 1. The highest BCUT2D eigenvalue weighted by atomic mass is 16.5. The minimum atomic E-state index is -0.447. The number of piperidine rings is 1. The molecule has 1 aromatic carbocycles. The van der Waals surface area contributed by atoms with Crippen LogP contribution >= 0.6 is 0 Å². The van der Waals surface area contributed by atoms with E-state index in [1.54, 1.807) is 4.90 Å². The number of nitrogens with two attached hydrogens (primary N) is 1. The lowest BCUT2D eigenvalue weighted by molar-refractivity contribution is -0.134. The van der Waals surface area contributed by atoms with E-state index in [1.165, 1.54) is 0 Å². The van der Waals surface area contributed by atoms with Gasteiger partial charge in [-0.2, -0.15) is 4.98 Å². The minimum absolute atomic E-state index is 0.0222. The molecule has 0 aliphatic carbocycles. The summed E-state index contributed by atoms with van der Waals surface area (Å²) in [4.78, 5) is 34.0. The van der Waals surface area contributed by atoms with Crippen molar-refractivity contribution in [2.75, 3.05) is 13.1 Å². The van der Waals surface area contributed by atoms with Gasteiger partial charge < -0.3 is 15.4 Å². The maximum Gasteiger partial charge on any atom is 0.223 e. The molecule has 7 nitrogen and oxygen atoms in total. The van der Waals surface area contributed by atoms with Crippen LogP contribution in [0.25, 0.3) is 0 Å². The third kappa shape index (κ3) is 5.06. The maximum atomic E-state index is 12.2. The fourth-order valence-electron chi connectivity index (χ4n) is 3.36. The molecule has 0 saturated carbocycles. The standard InChI is InChI=1S/C21H26N4O3/c1-14-5-3-4-6-17(14)28-19-13-15(2)23-21(24-19)16-9-11-25(12-10-16)20(27)8-7-18(22)26/h3-6,13,16H,7-12H2,1-2H3,(H2,22,26). The van der Waals surface area contributed by atoms with Crippen LogP contribution in [0.15, 0.2) is 30.3 Å². The highest BCUT2D eigenvalue weighted by Crippen LogP contribution is 2.29. The average Bonchev–Trinajstić information content (AvgIpc) is 2.67. The second kappa shape index (κ2) is 8.82. The summed E-state index contributed by atoms with van der Waals surface area (Å²) in [6, 6.07) is 9.65. The van der Waals surface area contributed by atoms with Gasteiger partial charge in [0.1, 0.15) is 11.6 Å². The molecular formula is C21H26N4O3. The largest absolute Gasteiger partial charge is 0.439 e. The van der Waals surface area contributed by atoms with E-state index in [0.717, 1.165) is 35.7 Å². The molecule has 2 N–H and O–H groups in total. The summed E-state index contributed by atoms with van der Waals surface area (Å²) >= 11 is 0. The zero-order valence-corrected chi connectivity index (χ0v) is 16.4. The number of rotatable bonds is 6. The van der Waals surface area contributed by atoms with Crippen molar-refractivity contribution in [3.63, 3.8) is 0 Å². The molecular weight excluding hydrogens is 356 g/mol. The fraction of sp³-hybridized carbons (Fsp3) is 0.429. The van der Waals surface area contributed by atoms with Crippen molar-refractivity contribution >= 4 is 11.8 Å². The predicted molar refractivity (Wildman–Crippen MR) is 105 cm³/mol. The van der Waals surface area contributed by atoms with Gasteiger partial charge in [-0.25, -0.2) is 4.98 Å². The molecule has 148 valence electrons. The van der Waals surface area contributed by atoms with E-state index in [1.807, 2.05) is 44.2 Å². The van der Waals surface area contributed by atoms with Gasteiger partial charge >= 0.3 is 0 Å². The first-order chi connectivity index (χ1) is 13.4. The first-order valence-corrected chi connectivity index (χ1v) is 9.57. The zero-order chi connectivity index (χ0) is 20.1. The molecule has 28 heavy (non-hydrogen) atoms. The van der Waals surface area contributed by atoms with Gasteiger partial charge in [0, 0.05) is 43.6 Å². The van der Waals surface area contributed by atoms with Gasteiger partial charge in [0.2, 0.25) is 17.7 Å². The van der Waals surface area contributed by atoms with E-state index in [2.05, 4.69) is 9.97 Å². The molecule has 1 fully saturated rings. The number of carbonyl (C=O) groups is 2. The van der Waals surface area contributed by atoms with Crippen molar-refractivity contribution in [3.8, 4) is 11.6 Å². The summed E-state index contributed by atoms with van der Waals surface area (Å²) in [5, 5.41) is 0. The summed E-state index contributed by atoms with van der Waals surface area (Å²) in [7, 11) is 0. The third-order valence-electron chi connectivity index (χ3n) is 4.95. The van der Waals surface area contributed by atoms with E-state index >= 15 is 0 Å². The van der Waals surface area contributed by atoms with Crippen LogP contribution in [0.2, 0.25) is 0 Å². The summed E-state index contributed by atoms with van der Waals surface area (Å²) in [6.45, 7) is 5.19. The number of aromatic nitrogens is 2. The lowest BCUT2D eigenvalue weighted by atomic mass is 9.95. The van der Waals surface area contributed by atoms with Gasteiger partial charge in [0.15, 0.2) is 0 Å². The van der Waals surface area contributed by atoms with Crippen LogP contribution < -0.4 is 10.5 Å². The maximum absolute atomic E-state index is 12.2. The number of likely N-dealkylation sites (tertiary alicyclic amines) is 1. The summed E-state index contributed by atoms with van der Waals surface area (Å²) < 4.78 is 5.98. The van der Waals surface area contributed by atoms with Crippen molar-refractivity contribution in [2.45, 2.75) is 45.4 Å². The average molecular weight is 382 g/mol. The number of para-hydroxylation sites is 1. The van der Waals surface area contributed by atoms with Crippen LogP contribution in [0.4, 0.5) is 0 Å². The van der Waals surface area contributed by atoms with Gasteiger partial charge in [0.05, 0.1) is 0 Å².